The molecule has 0 aliphatic carbocycles. The Balaban J connectivity index is 1.53. The Kier molecular flexibility index (Phi) is 7.18. The van der Waals surface area contributed by atoms with Crippen LogP contribution in [0.3, 0.4) is 0 Å². The third-order valence-electron chi connectivity index (χ3n) is 5.97. The average molecular weight is 493 g/mol. The topological polar surface area (TPSA) is 127 Å². The van der Waals surface area contributed by atoms with Crippen LogP contribution >= 0.6 is 11.8 Å². The highest BCUT2D eigenvalue weighted by Crippen LogP contribution is 2.39. The van der Waals surface area contributed by atoms with Crippen LogP contribution in [0.25, 0.3) is 10.8 Å². The number of rotatable bonds is 9. The number of hydrogen-bond acceptors (Lipinski definition) is 7. The summed E-state index contributed by atoms with van der Waals surface area (Å²) in [4.78, 5) is 49.2. The molecule has 3 aromatic carbocycles. The number of fused-ring (bicyclic) bond motifs is 1. The van der Waals surface area contributed by atoms with Crippen LogP contribution in [0.15, 0.2) is 66.7 Å². The fourth-order valence-corrected chi connectivity index (χ4v) is 5.40. The SMILES string of the molecule is NC(CC(=O)C=O)(C(=O)O)c1cccc(C2SCCN2C(=O)COc2cccc3ccccc23)c1. The molecule has 2 unspecified atom stereocenters. The van der Waals surface area contributed by atoms with E-state index in [-0.39, 0.29) is 29.7 Å². The molecule has 180 valence electrons. The van der Waals surface area contributed by atoms with Crippen molar-refractivity contribution >= 4 is 46.5 Å². The van der Waals surface area contributed by atoms with Gasteiger partial charge in [0.25, 0.3) is 5.91 Å². The number of ketones is 1. The number of carbonyl (C=O) groups excluding carboxylic acids is 3. The zero-order chi connectivity index (χ0) is 25.0. The van der Waals surface area contributed by atoms with E-state index in [1.165, 1.54) is 6.07 Å². The van der Waals surface area contributed by atoms with Crippen molar-refractivity contribution in [3.63, 3.8) is 0 Å². The molecule has 0 bridgehead atoms. The van der Waals surface area contributed by atoms with Gasteiger partial charge in [0.15, 0.2) is 18.7 Å². The van der Waals surface area contributed by atoms with Gasteiger partial charge >= 0.3 is 5.97 Å². The van der Waals surface area contributed by atoms with Gasteiger partial charge in [0.1, 0.15) is 16.7 Å². The highest BCUT2D eigenvalue weighted by atomic mass is 32.2. The summed E-state index contributed by atoms with van der Waals surface area (Å²) in [7, 11) is 0. The number of aldehydes is 1. The lowest BCUT2D eigenvalue weighted by Gasteiger charge is -2.27. The molecule has 1 fully saturated rings. The summed E-state index contributed by atoms with van der Waals surface area (Å²) in [6, 6.07) is 19.9. The van der Waals surface area contributed by atoms with E-state index in [0.717, 1.165) is 10.8 Å². The number of nitrogens with zero attached hydrogens (tertiary/aromatic N) is 1. The fourth-order valence-electron chi connectivity index (χ4n) is 4.13. The molecule has 1 saturated heterocycles. The molecule has 0 saturated carbocycles. The largest absolute Gasteiger partial charge is 0.483 e. The van der Waals surface area contributed by atoms with E-state index in [4.69, 9.17) is 10.5 Å². The minimum Gasteiger partial charge on any atom is -0.483 e. The molecule has 1 aliphatic rings. The Hall–Kier alpha value is -3.69. The summed E-state index contributed by atoms with van der Waals surface area (Å²) >= 11 is 1.54. The van der Waals surface area contributed by atoms with Crippen LogP contribution in [-0.2, 0) is 24.7 Å². The van der Waals surface area contributed by atoms with Gasteiger partial charge < -0.3 is 20.5 Å². The van der Waals surface area contributed by atoms with Crippen molar-refractivity contribution in [2.24, 2.45) is 5.73 Å². The Bertz CT molecular complexity index is 1290. The lowest BCUT2D eigenvalue weighted by atomic mass is 9.85. The number of amides is 1. The zero-order valence-electron chi connectivity index (χ0n) is 18.8. The predicted molar refractivity (Wildman–Crippen MR) is 132 cm³/mol. The van der Waals surface area contributed by atoms with Crippen LogP contribution in [0.2, 0.25) is 0 Å². The predicted octanol–water partition coefficient (Wildman–Crippen LogP) is 2.89. The highest BCUT2D eigenvalue weighted by molar-refractivity contribution is 7.99. The van der Waals surface area contributed by atoms with Gasteiger partial charge in [-0.15, -0.1) is 11.8 Å². The lowest BCUT2D eigenvalue weighted by molar-refractivity contribution is -0.146. The first-order valence-electron chi connectivity index (χ1n) is 11.0. The van der Waals surface area contributed by atoms with Gasteiger partial charge in [0.2, 0.25) is 0 Å². The van der Waals surface area contributed by atoms with Crippen molar-refractivity contribution in [3.05, 3.63) is 77.9 Å². The van der Waals surface area contributed by atoms with Crippen LogP contribution in [0.5, 0.6) is 5.75 Å². The van der Waals surface area contributed by atoms with Crippen LogP contribution in [0.1, 0.15) is 22.9 Å². The summed E-state index contributed by atoms with van der Waals surface area (Å²) in [6.07, 6.45) is -0.591. The molecular weight excluding hydrogens is 468 g/mol. The molecule has 1 amide bonds. The number of carboxylic acid groups (broad SMARTS) is 1. The first kappa shape index (κ1) is 24.4. The number of aliphatic carboxylic acids is 1. The fraction of sp³-hybridized carbons (Fsp3) is 0.231. The molecule has 9 heteroatoms. The van der Waals surface area contributed by atoms with Crippen molar-refractivity contribution in [1.82, 2.24) is 4.90 Å². The molecule has 0 radical (unpaired) electrons. The maximum absolute atomic E-state index is 13.1. The minimum atomic E-state index is -2.05. The Morgan fingerprint density at radius 1 is 1.11 bits per heavy atom. The van der Waals surface area contributed by atoms with E-state index < -0.39 is 23.7 Å². The second-order valence-corrected chi connectivity index (χ2v) is 9.43. The number of carbonyl (C=O) groups is 4. The Labute approximate surface area is 206 Å². The van der Waals surface area contributed by atoms with E-state index in [2.05, 4.69) is 0 Å². The molecule has 8 nitrogen and oxygen atoms in total. The van der Waals surface area contributed by atoms with Crippen LogP contribution in [0, 0.1) is 0 Å². The monoisotopic (exact) mass is 492 g/mol. The number of Topliss-reactive ketones (excluding diaryl/α,β-unsaturated/α-hetero) is 1. The standard InChI is InChI=1S/C26H24N2O6S/c27-26(25(32)33,14-20(30)15-29)19-8-3-7-18(13-19)24-28(11-12-35-24)23(31)16-34-22-10-4-6-17-5-1-2-9-21(17)22/h1-10,13,15,24H,11-12,14,16,27H2,(H,32,33). The first-order chi connectivity index (χ1) is 16.8. The van der Waals surface area contributed by atoms with E-state index in [0.29, 0.717) is 23.6 Å². The smallest absolute Gasteiger partial charge is 0.328 e. The molecule has 0 spiro atoms. The maximum atomic E-state index is 13.1. The summed E-state index contributed by atoms with van der Waals surface area (Å²) < 4.78 is 5.87. The van der Waals surface area contributed by atoms with Gasteiger partial charge in [-0.2, -0.15) is 0 Å². The first-order valence-corrected chi connectivity index (χ1v) is 12.0. The maximum Gasteiger partial charge on any atom is 0.328 e. The van der Waals surface area contributed by atoms with Crippen LogP contribution < -0.4 is 10.5 Å². The molecule has 3 N–H and O–H groups in total. The van der Waals surface area contributed by atoms with Gasteiger partial charge in [-0.25, -0.2) is 4.79 Å². The van der Waals surface area contributed by atoms with Crippen LogP contribution in [-0.4, -0.2) is 52.9 Å². The summed E-state index contributed by atoms with van der Waals surface area (Å²) in [5.74, 6) is -1.20. The number of carboxylic acids is 1. The average Bonchev–Trinajstić information content (AvgIpc) is 3.37. The van der Waals surface area contributed by atoms with E-state index in [1.807, 2.05) is 42.5 Å². The Morgan fingerprint density at radius 2 is 1.86 bits per heavy atom. The molecule has 4 rings (SSSR count). The van der Waals surface area contributed by atoms with E-state index in [9.17, 15) is 24.3 Å². The number of nitrogens with two attached hydrogens (primary N) is 1. The number of benzene rings is 3. The molecule has 1 aliphatic heterocycles. The Morgan fingerprint density at radius 3 is 2.63 bits per heavy atom. The molecular formula is C26H24N2O6S. The van der Waals surface area contributed by atoms with Crippen LogP contribution in [0.4, 0.5) is 0 Å². The van der Waals surface area contributed by atoms with Gasteiger partial charge in [-0.3, -0.25) is 14.4 Å². The van der Waals surface area contributed by atoms with E-state index in [1.54, 1.807) is 34.9 Å². The molecule has 35 heavy (non-hydrogen) atoms. The third kappa shape index (κ3) is 5.06. The van der Waals surface area contributed by atoms with Crippen molar-refractivity contribution < 1.29 is 29.0 Å². The van der Waals surface area contributed by atoms with E-state index >= 15 is 0 Å². The van der Waals surface area contributed by atoms with Crippen molar-refractivity contribution in [2.45, 2.75) is 17.3 Å². The van der Waals surface area contributed by atoms with Crippen molar-refractivity contribution in [2.75, 3.05) is 18.9 Å². The summed E-state index contributed by atoms with van der Waals surface area (Å²) in [5, 5.41) is 11.3. The third-order valence-corrected chi connectivity index (χ3v) is 7.23. The number of thioether (sulfide) groups is 1. The quantitative estimate of drug-likeness (QED) is 0.345. The number of ether oxygens (including phenoxy) is 1. The lowest BCUT2D eigenvalue weighted by Crippen LogP contribution is -2.47. The minimum absolute atomic E-state index is 0.0670. The number of hydrogen-bond donors (Lipinski definition) is 2. The second-order valence-electron chi connectivity index (χ2n) is 8.24. The van der Waals surface area contributed by atoms with Gasteiger partial charge in [-0.05, 0) is 22.6 Å². The molecule has 3 aromatic rings. The van der Waals surface area contributed by atoms with Gasteiger partial charge in [-0.1, -0.05) is 60.7 Å². The van der Waals surface area contributed by atoms with Crippen molar-refractivity contribution in [1.29, 1.82) is 0 Å². The van der Waals surface area contributed by atoms with Crippen molar-refractivity contribution in [3.8, 4) is 5.75 Å². The van der Waals surface area contributed by atoms with Gasteiger partial charge in [0.05, 0.1) is 0 Å². The molecule has 0 aromatic heterocycles. The molecule has 2 atom stereocenters. The zero-order valence-corrected chi connectivity index (χ0v) is 19.6. The molecule has 1 heterocycles. The second kappa shape index (κ2) is 10.3. The summed E-state index contributed by atoms with van der Waals surface area (Å²) in [5.41, 5.74) is 4.88. The normalized spacial score (nSPS) is 17.1. The summed E-state index contributed by atoms with van der Waals surface area (Å²) in [6.45, 7) is 0.363. The highest BCUT2D eigenvalue weighted by Gasteiger charge is 2.39. The van der Waals surface area contributed by atoms with Gasteiger partial charge in [0, 0.05) is 24.1 Å².